The van der Waals surface area contributed by atoms with Crippen molar-refractivity contribution in [3.8, 4) is 5.75 Å². The van der Waals surface area contributed by atoms with Crippen molar-refractivity contribution < 1.29 is 41.0 Å². The minimum atomic E-state index is -5.80. The van der Waals surface area contributed by atoms with E-state index in [-0.39, 0.29) is 19.3 Å². The van der Waals surface area contributed by atoms with Gasteiger partial charge >= 0.3 is 24.0 Å². The molecule has 0 amide bonds. The lowest BCUT2D eigenvalue weighted by atomic mass is 9.96. The summed E-state index contributed by atoms with van der Waals surface area (Å²) in [5.41, 5.74) is 0. The highest BCUT2D eigenvalue weighted by Gasteiger charge is 2.58. The van der Waals surface area contributed by atoms with Crippen molar-refractivity contribution in [3.05, 3.63) is 30.3 Å². The molecule has 0 aliphatic carbocycles. The molecule has 29 heavy (non-hydrogen) atoms. The van der Waals surface area contributed by atoms with Crippen LogP contribution in [0.4, 0.5) is 22.0 Å². The van der Waals surface area contributed by atoms with Gasteiger partial charge in [-0.05, 0) is 25.0 Å². The molecule has 0 aliphatic rings. The van der Waals surface area contributed by atoms with E-state index in [1.807, 2.05) is 6.92 Å². The molecule has 0 saturated carbocycles. The average Bonchev–Trinajstić information content (AvgIpc) is 2.65. The number of halogens is 5. The molecule has 1 aromatic rings. The molecule has 0 aliphatic heterocycles. The SMILES string of the molecule is CCCCCCC(CCC(=O)Oc1ccccc1)C(=O)OCC(F)(F)C(F)(F)F. The molecule has 0 N–H and O–H groups in total. The van der Waals surface area contributed by atoms with Gasteiger partial charge in [0.1, 0.15) is 5.75 Å². The fraction of sp³-hybridized carbons (Fsp3) is 0.600. The van der Waals surface area contributed by atoms with E-state index in [0.29, 0.717) is 12.2 Å². The Hall–Kier alpha value is -2.19. The van der Waals surface area contributed by atoms with E-state index in [1.54, 1.807) is 30.3 Å². The number of esters is 2. The molecule has 1 rings (SSSR count). The van der Waals surface area contributed by atoms with E-state index in [4.69, 9.17) is 4.74 Å². The maximum Gasteiger partial charge on any atom is 0.456 e. The maximum atomic E-state index is 13.0. The highest BCUT2D eigenvalue weighted by Crippen LogP contribution is 2.35. The second-order valence-corrected chi connectivity index (χ2v) is 6.68. The minimum absolute atomic E-state index is 0.0613. The van der Waals surface area contributed by atoms with Crippen molar-refractivity contribution in [1.82, 2.24) is 0 Å². The lowest BCUT2D eigenvalue weighted by Crippen LogP contribution is -2.42. The predicted molar refractivity (Wildman–Crippen MR) is 95.5 cm³/mol. The Bertz CT molecular complexity index is 632. The highest BCUT2D eigenvalue weighted by molar-refractivity contribution is 5.75. The number of hydrogen-bond acceptors (Lipinski definition) is 4. The van der Waals surface area contributed by atoms with E-state index in [2.05, 4.69) is 4.74 Å². The van der Waals surface area contributed by atoms with Crippen LogP contribution in [-0.2, 0) is 14.3 Å². The van der Waals surface area contributed by atoms with Crippen molar-refractivity contribution in [1.29, 1.82) is 0 Å². The van der Waals surface area contributed by atoms with Gasteiger partial charge in [-0.3, -0.25) is 9.59 Å². The highest BCUT2D eigenvalue weighted by atomic mass is 19.4. The summed E-state index contributed by atoms with van der Waals surface area (Å²) >= 11 is 0. The number of benzene rings is 1. The van der Waals surface area contributed by atoms with Crippen LogP contribution in [0.1, 0.15) is 51.9 Å². The minimum Gasteiger partial charge on any atom is -0.459 e. The first-order valence-corrected chi connectivity index (χ1v) is 9.43. The number of para-hydroxylation sites is 1. The van der Waals surface area contributed by atoms with Gasteiger partial charge in [0.05, 0.1) is 5.92 Å². The van der Waals surface area contributed by atoms with E-state index >= 15 is 0 Å². The number of carbonyl (C=O) groups excluding carboxylic acids is 2. The van der Waals surface area contributed by atoms with Crippen LogP contribution < -0.4 is 4.74 Å². The van der Waals surface area contributed by atoms with Crippen molar-refractivity contribution in [2.24, 2.45) is 5.92 Å². The zero-order valence-corrected chi connectivity index (χ0v) is 16.1. The van der Waals surface area contributed by atoms with Crippen molar-refractivity contribution in [2.45, 2.75) is 64.0 Å². The summed E-state index contributed by atoms with van der Waals surface area (Å²) < 4.78 is 72.0. The first-order chi connectivity index (χ1) is 13.6. The Morgan fingerprint density at radius 1 is 0.966 bits per heavy atom. The summed E-state index contributed by atoms with van der Waals surface area (Å²) in [6, 6.07) is 8.19. The standard InChI is InChI=1S/C20H25F5O4/c1-2-3-4-6-9-15(18(27)28-14-19(21,22)20(23,24)25)12-13-17(26)29-16-10-7-5-8-11-16/h5,7-8,10-11,15H,2-4,6,9,12-14H2,1H3. The quantitative estimate of drug-likeness (QED) is 0.187. The van der Waals surface area contributed by atoms with Crippen molar-refractivity contribution in [2.75, 3.05) is 6.61 Å². The zero-order valence-electron chi connectivity index (χ0n) is 16.1. The summed E-state index contributed by atoms with van der Waals surface area (Å²) in [5.74, 6) is -7.58. The molecular weight excluding hydrogens is 399 g/mol. The third kappa shape index (κ3) is 9.23. The molecule has 0 bridgehead atoms. The fourth-order valence-corrected chi connectivity index (χ4v) is 2.52. The van der Waals surface area contributed by atoms with Crippen LogP contribution in [0.5, 0.6) is 5.75 Å². The van der Waals surface area contributed by atoms with Gasteiger partial charge in [-0.25, -0.2) is 0 Å². The predicted octanol–water partition coefficient (Wildman–Crippen LogP) is 5.70. The fourth-order valence-electron chi connectivity index (χ4n) is 2.52. The maximum absolute atomic E-state index is 13.0. The second-order valence-electron chi connectivity index (χ2n) is 6.68. The van der Waals surface area contributed by atoms with Crippen LogP contribution >= 0.6 is 0 Å². The molecule has 0 saturated heterocycles. The summed E-state index contributed by atoms with van der Waals surface area (Å²) in [4.78, 5) is 24.0. The number of alkyl halides is 5. The third-order valence-corrected chi connectivity index (χ3v) is 4.22. The molecular formula is C20H25F5O4. The van der Waals surface area contributed by atoms with Crippen LogP contribution in [0.3, 0.4) is 0 Å². The van der Waals surface area contributed by atoms with Gasteiger partial charge in [0.2, 0.25) is 0 Å². The zero-order chi connectivity index (χ0) is 21.9. The normalized spacial score (nSPS) is 13.0. The summed E-state index contributed by atoms with van der Waals surface area (Å²) in [6.45, 7) is -0.0974. The van der Waals surface area contributed by atoms with Crippen LogP contribution in [0.15, 0.2) is 30.3 Å². The van der Waals surface area contributed by atoms with Gasteiger partial charge < -0.3 is 9.47 Å². The van der Waals surface area contributed by atoms with Gasteiger partial charge in [-0.1, -0.05) is 50.8 Å². The van der Waals surface area contributed by atoms with Gasteiger partial charge in [-0.2, -0.15) is 22.0 Å². The lowest BCUT2D eigenvalue weighted by Gasteiger charge is -2.21. The number of hydrogen-bond donors (Lipinski definition) is 0. The van der Waals surface area contributed by atoms with Gasteiger partial charge in [0.25, 0.3) is 0 Å². The van der Waals surface area contributed by atoms with Crippen molar-refractivity contribution in [3.63, 3.8) is 0 Å². The molecule has 0 spiro atoms. The molecule has 1 unspecified atom stereocenters. The Balaban J connectivity index is 2.61. The first kappa shape index (κ1) is 24.8. The number of carbonyl (C=O) groups is 2. The molecule has 164 valence electrons. The van der Waals surface area contributed by atoms with Crippen LogP contribution in [-0.4, -0.2) is 30.6 Å². The number of ether oxygens (including phenoxy) is 2. The topological polar surface area (TPSA) is 52.6 Å². The van der Waals surface area contributed by atoms with Crippen LogP contribution in [0, 0.1) is 5.92 Å². The van der Waals surface area contributed by atoms with Crippen LogP contribution in [0.25, 0.3) is 0 Å². The first-order valence-electron chi connectivity index (χ1n) is 9.43. The molecule has 1 aromatic carbocycles. The number of unbranched alkanes of at least 4 members (excludes halogenated alkanes) is 3. The molecule has 0 aromatic heterocycles. The van der Waals surface area contributed by atoms with E-state index in [9.17, 15) is 31.5 Å². The molecule has 0 heterocycles. The smallest absolute Gasteiger partial charge is 0.456 e. The van der Waals surface area contributed by atoms with Crippen LogP contribution in [0.2, 0.25) is 0 Å². The summed E-state index contributed by atoms with van der Waals surface area (Å²) in [5, 5.41) is 0. The van der Waals surface area contributed by atoms with Gasteiger partial charge in [-0.15, -0.1) is 0 Å². The molecule has 9 heteroatoms. The third-order valence-electron chi connectivity index (χ3n) is 4.22. The molecule has 0 fully saturated rings. The summed E-state index contributed by atoms with van der Waals surface area (Å²) in [7, 11) is 0. The van der Waals surface area contributed by atoms with Gasteiger partial charge in [0, 0.05) is 6.42 Å². The lowest BCUT2D eigenvalue weighted by molar-refractivity contribution is -0.294. The Morgan fingerprint density at radius 3 is 2.21 bits per heavy atom. The van der Waals surface area contributed by atoms with Gasteiger partial charge in [0.15, 0.2) is 6.61 Å². The Morgan fingerprint density at radius 2 is 1.62 bits per heavy atom. The Labute approximate surface area is 166 Å². The van der Waals surface area contributed by atoms with E-state index in [1.165, 1.54) is 0 Å². The Kier molecular flexibility index (Phi) is 10.0. The summed E-state index contributed by atoms with van der Waals surface area (Å²) in [6.07, 6.45) is -2.67. The largest absolute Gasteiger partial charge is 0.459 e. The second kappa shape index (κ2) is 11.7. The van der Waals surface area contributed by atoms with E-state index in [0.717, 1.165) is 19.3 Å². The van der Waals surface area contributed by atoms with Crippen molar-refractivity contribution >= 4 is 11.9 Å². The van der Waals surface area contributed by atoms with E-state index < -0.39 is 36.6 Å². The monoisotopic (exact) mass is 424 g/mol. The molecule has 0 radical (unpaired) electrons. The molecule has 1 atom stereocenters. The number of rotatable bonds is 12. The molecule has 4 nitrogen and oxygen atoms in total. The average molecular weight is 424 g/mol.